The van der Waals surface area contributed by atoms with Crippen molar-refractivity contribution in [3.8, 4) is 5.75 Å². The van der Waals surface area contributed by atoms with Gasteiger partial charge in [-0.2, -0.15) is 0 Å². The maximum atomic E-state index is 12.5. The second-order valence-electron chi connectivity index (χ2n) is 5.71. The van der Waals surface area contributed by atoms with E-state index in [-0.39, 0.29) is 5.91 Å². The first-order valence-electron chi connectivity index (χ1n) is 7.58. The Labute approximate surface area is 135 Å². The van der Waals surface area contributed by atoms with E-state index in [0.29, 0.717) is 12.2 Å². The Bertz CT molecular complexity index is 865. The van der Waals surface area contributed by atoms with Gasteiger partial charge in [-0.25, -0.2) is 0 Å². The molecule has 0 saturated carbocycles. The second-order valence-corrected chi connectivity index (χ2v) is 5.71. The van der Waals surface area contributed by atoms with Crippen LogP contribution in [0.4, 0.5) is 0 Å². The minimum absolute atomic E-state index is 0.0980. The van der Waals surface area contributed by atoms with E-state index in [1.165, 1.54) is 5.56 Å². The van der Waals surface area contributed by atoms with Crippen LogP contribution in [0.25, 0.3) is 10.9 Å². The molecule has 0 atom stereocenters. The van der Waals surface area contributed by atoms with E-state index in [1.807, 2.05) is 50.2 Å². The highest BCUT2D eigenvalue weighted by Gasteiger charge is 2.14. The van der Waals surface area contributed by atoms with Gasteiger partial charge in [-0.15, -0.1) is 0 Å². The van der Waals surface area contributed by atoms with Crippen molar-refractivity contribution in [3.63, 3.8) is 0 Å². The van der Waals surface area contributed by atoms with Crippen LogP contribution in [0.3, 0.4) is 0 Å². The van der Waals surface area contributed by atoms with E-state index >= 15 is 0 Å². The Morgan fingerprint density at radius 2 is 2.00 bits per heavy atom. The van der Waals surface area contributed by atoms with Gasteiger partial charge in [0.2, 0.25) is 0 Å². The molecule has 0 aliphatic rings. The van der Waals surface area contributed by atoms with Gasteiger partial charge in [0, 0.05) is 23.5 Å². The molecule has 2 aromatic carbocycles. The largest absolute Gasteiger partial charge is 0.497 e. The number of aromatic nitrogens is 1. The second kappa shape index (κ2) is 6.16. The van der Waals surface area contributed by atoms with Crippen molar-refractivity contribution in [1.29, 1.82) is 0 Å². The van der Waals surface area contributed by atoms with E-state index < -0.39 is 0 Å². The molecule has 4 heteroatoms. The molecule has 0 saturated heterocycles. The van der Waals surface area contributed by atoms with Gasteiger partial charge in [0.05, 0.1) is 7.11 Å². The van der Waals surface area contributed by atoms with Crippen molar-refractivity contribution >= 4 is 16.8 Å². The van der Waals surface area contributed by atoms with Gasteiger partial charge in [-0.1, -0.05) is 29.8 Å². The normalized spacial score (nSPS) is 10.7. The predicted octanol–water partition coefficient (Wildman–Crippen LogP) is 3.72. The molecular formula is C19H20N2O2. The number of H-pyrrole nitrogens is 1. The topological polar surface area (TPSA) is 54.1 Å². The van der Waals surface area contributed by atoms with Crippen LogP contribution in [-0.2, 0) is 6.54 Å². The summed E-state index contributed by atoms with van der Waals surface area (Å²) in [5, 5.41) is 4.01. The third-order valence-electron chi connectivity index (χ3n) is 4.03. The Morgan fingerprint density at radius 3 is 2.74 bits per heavy atom. The van der Waals surface area contributed by atoms with Gasteiger partial charge < -0.3 is 15.0 Å². The number of aromatic amines is 1. The number of aryl methyl sites for hydroxylation is 2. The van der Waals surface area contributed by atoms with Crippen LogP contribution in [0.5, 0.6) is 5.75 Å². The smallest absolute Gasteiger partial charge is 0.268 e. The van der Waals surface area contributed by atoms with Crippen LogP contribution in [0.2, 0.25) is 0 Å². The molecule has 1 amide bonds. The zero-order valence-electron chi connectivity index (χ0n) is 13.6. The van der Waals surface area contributed by atoms with Gasteiger partial charge in [-0.05, 0) is 37.1 Å². The summed E-state index contributed by atoms with van der Waals surface area (Å²) in [6, 6.07) is 13.9. The predicted molar refractivity (Wildman–Crippen MR) is 91.9 cm³/mol. The molecule has 0 unspecified atom stereocenters. The third kappa shape index (κ3) is 3.06. The minimum Gasteiger partial charge on any atom is -0.497 e. The molecule has 0 radical (unpaired) electrons. The molecule has 0 aliphatic carbocycles. The van der Waals surface area contributed by atoms with E-state index in [0.717, 1.165) is 27.8 Å². The highest BCUT2D eigenvalue weighted by Crippen LogP contribution is 2.25. The average Bonchev–Trinajstić information content (AvgIpc) is 2.89. The highest BCUT2D eigenvalue weighted by molar-refractivity contribution is 6.01. The SMILES string of the molecule is COc1ccc2c(C)c(C(=O)NCc3cccc(C)c3)[nH]c2c1. The van der Waals surface area contributed by atoms with E-state index in [2.05, 4.69) is 16.4 Å². The lowest BCUT2D eigenvalue weighted by Crippen LogP contribution is -2.23. The third-order valence-corrected chi connectivity index (χ3v) is 4.03. The molecule has 118 valence electrons. The van der Waals surface area contributed by atoms with E-state index in [1.54, 1.807) is 7.11 Å². The molecule has 0 spiro atoms. The number of ether oxygens (including phenoxy) is 1. The number of carbonyl (C=O) groups is 1. The Balaban J connectivity index is 1.81. The van der Waals surface area contributed by atoms with Crippen molar-refractivity contribution in [1.82, 2.24) is 10.3 Å². The molecule has 3 aromatic rings. The first-order valence-corrected chi connectivity index (χ1v) is 7.58. The summed E-state index contributed by atoms with van der Waals surface area (Å²) in [4.78, 5) is 15.7. The summed E-state index contributed by atoms with van der Waals surface area (Å²) in [6.45, 7) is 4.51. The fraction of sp³-hybridized carbons (Fsp3) is 0.211. The molecule has 3 rings (SSSR count). The number of hydrogen-bond acceptors (Lipinski definition) is 2. The molecular weight excluding hydrogens is 288 g/mol. The maximum absolute atomic E-state index is 12.5. The molecule has 0 bridgehead atoms. The lowest BCUT2D eigenvalue weighted by Gasteiger charge is -2.05. The van der Waals surface area contributed by atoms with Crippen LogP contribution in [-0.4, -0.2) is 18.0 Å². The van der Waals surface area contributed by atoms with Crippen molar-refractivity contribution in [3.05, 3.63) is 64.8 Å². The summed E-state index contributed by atoms with van der Waals surface area (Å²) < 4.78 is 5.23. The molecule has 1 aromatic heterocycles. The summed E-state index contributed by atoms with van der Waals surface area (Å²) in [7, 11) is 1.63. The van der Waals surface area contributed by atoms with Crippen molar-refractivity contribution in [2.45, 2.75) is 20.4 Å². The average molecular weight is 308 g/mol. The Kier molecular flexibility index (Phi) is 4.06. The van der Waals surface area contributed by atoms with Gasteiger partial charge in [0.15, 0.2) is 0 Å². The number of amides is 1. The van der Waals surface area contributed by atoms with Gasteiger partial charge in [0.25, 0.3) is 5.91 Å². The lowest BCUT2D eigenvalue weighted by molar-refractivity contribution is 0.0946. The highest BCUT2D eigenvalue weighted by atomic mass is 16.5. The number of rotatable bonds is 4. The molecule has 2 N–H and O–H groups in total. The lowest BCUT2D eigenvalue weighted by atomic mass is 10.1. The fourth-order valence-electron chi connectivity index (χ4n) is 2.76. The van der Waals surface area contributed by atoms with Crippen LogP contribution in [0.15, 0.2) is 42.5 Å². The van der Waals surface area contributed by atoms with Gasteiger partial charge in [0.1, 0.15) is 11.4 Å². The Morgan fingerprint density at radius 1 is 1.17 bits per heavy atom. The monoisotopic (exact) mass is 308 g/mol. The van der Waals surface area contributed by atoms with E-state index in [9.17, 15) is 4.79 Å². The van der Waals surface area contributed by atoms with Crippen LogP contribution >= 0.6 is 0 Å². The fourth-order valence-corrected chi connectivity index (χ4v) is 2.76. The molecule has 1 heterocycles. The molecule has 4 nitrogen and oxygen atoms in total. The van der Waals surface area contributed by atoms with E-state index in [4.69, 9.17) is 4.74 Å². The Hall–Kier alpha value is -2.75. The van der Waals surface area contributed by atoms with Gasteiger partial charge >= 0.3 is 0 Å². The first kappa shape index (κ1) is 15.2. The standard InChI is InChI=1S/C19H20N2O2/c1-12-5-4-6-14(9-12)11-20-19(22)18-13(2)16-8-7-15(23-3)10-17(16)21-18/h4-10,21H,11H2,1-3H3,(H,20,22). The summed E-state index contributed by atoms with van der Waals surface area (Å²) in [5.74, 6) is 0.671. The number of hydrogen-bond donors (Lipinski definition) is 2. The van der Waals surface area contributed by atoms with Crippen LogP contribution in [0, 0.1) is 13.8 Å². The van der Waals surface area contributed by atoms with Crippen LogP contribution < -0.4 is 10.1 Å². The van der Waals surface area contributed by atoms with Crippen LogP contribution in [0.1, 0.15) is 27.2 Å². The van der Waals surface area contributed by atoms with Gasteiger partial charge in [-0.3, -0.25) is 4.79 Å². The zero-order chi connectivity index (χ0) is 16.4. The number of nitrogens with one attached hydrogen (secondary N) is 2. The number of carbonyl (C=O) groups excluding carboxylic acids is 1. The first-order chi connectivity index (χ1) is 11.1. The van der Waals surface area contributed by atoms with Crippen molar-refractivity contribution in [2.75, 3.05) is 7.11 Å². The molecule has 0 aliphatic heterocycles. The van der Waals surface area contributed by atoms with Crippen molar-refractivity contribution in [2.24, 2.45) is 0 Å². The summed E-state index contributed by atoms with van der Waals surface area (Å²) >= 11 is 0. The number of benzene rings is 2. The number of fused-ring (bicyclic) bond motifs is 1. The summed E-state index contributed by atoms with van der Waals surface area (Å²) in [5.41, 5.74) is 4.73. The summed E-state index contributed by atoms with van der Waals surface area (Å²) in [6.07, 6.45) is 0. The zero-order valence-corrected chi connectivity index (χ0v) is 13.6. The van der Waals surface area contributed by atoms with Crippen molar-refractivity contribution < 1.29 is 9.53 Å². The minimum atomic E-state index is -0.0980. The maximum Gasteiger partial charge on any atom is 0.268 e. The molecule has 0 fully saturated rings. The number of methoxy groups -OCH3 is 1. The quantitative estimate of drug-likeness (QED) is 0.771. The molecule has 23 heavy (non-hydrogen) atoms.